The first kappa shape index (κ1) is 19.4. The molecule has 3 unspecified atom stereocenters. The zero-order chi connectivity index (χ0) is 21.7. The molecule has 1 saturated heterocycles. The average molecular weight is 427 g/mol. The van der Waals surface area contributed by atoms with Crippen LogP contribution < -0.4 is 5.32 Å². The molecule has 5 nitrogen and oxygen atoms in total. The molecule has 2 N–H and O–H groups in total. The minimum atomic E-state index is -0.00519. The lowest BCUT2D eigenvalue weighted by Gasteiger charge is -2.38. The van der Waals surface area contributed by atoms with Gasteiger partial charge in [0.2, 0.25) is 0 Å². The number of hydrogen-bond donors (Lipinski definition) is 2. The molecule has 0 saturated carbocycles. The number of carbonyl (C=O) groups excluding carboxylic acids is 1. The van der Waals surface area contributed by atoms with E-state index in [1.807, 2.05) is 35.2 Å². The molecule has 0 aromatic heterocycles. The summed E-state index contributed by atoms with van der Waals surface area (Å²) in [4.78, 5) is 14.9. The van der Waals surface area contributed by atoms with Gasteiger partial charge in [0.15, 0.2) is 0 Å². The number of rotatable bonds is 2. The van der Waals surface area contributed by atoms with Crippen molar-refractivity contribution in [2.75, 3.05) is 31.6 Å². The maximum Gasteiger partial charge on any atom is 0.254 e. The largest absolute Gasteiger partial charge is 0.508 e. The van der Waals surface area contributed by atoms with E-state index in [9.17, 15) is 9.90 Å². The summed E-state index contributed by atoms with van der Waals surface area (Å²) in [6.07, 6.45) is 5.44. The van der Waals surface area contributed by atoms with Crippen LogP contribution in [0.1, 0.15) is 39.9 Å². The van der Waals surface area contributed by atoms with Gasteiger partial charge >= 0.3 is 0 Å². The van der Waals surface area contributed by atoms with E-state index in [1.165, 1.54) is 5.56 Å². The second-order valence-electron chi connectivity index (χ2n) is 8.90. The molecule has 5 heteroatoms. The van der Waals surface area contributed by atoms with E-state index in [-0.39, 0.29) is 23.8 Å². The SMILES string of the molecule is O=C(c1ccc2c(c1)C1C=CCC1C(c1c(O)ccc3ccccc13)N2)N1CCOCC1. The number of phenolic OH excluding ortho intramolecular Hbond substituents is 1. The van der Waals surface area contributed by atoms with Gasteiger partial charge in [-0.3, -0.25) is 4.79 Å². The van der Waals surface area contributed by atoms with Crippen LogP contribution in [0.2, 0.25) is 0 Å². The Labute approximate surface area is 187 Å². The summed E-state index contributed by atoms with van der Waals surface area (Å²) < 4.78 is 5.39. The Morgan fingerprint density at radius 3 is 2.78 bits per heavy atom. The fraction of sp³-hybridized carbons (Fsp3) is 0.296. The smallest absolute Gasteiger partial charge is 0.254 e. The molecule has 0 spiro atoms. The fourth-order valence-corrected chi connectivity index (χ4v) is 5.57. The van der Waals surface area contributed by atoms with Gasteiger partial charge in [0, 0.05) is 35.8 Å². The summed E-state index contributed by atoms with van der Waals surface area (Å²) in [6.45, 7) is 2.48. The second-order valence-corrected chi connectivity index (χ2v) is 8.90. The lowest BCUT2D eigenvalue weighted by atomic mass is 9.75. The van der Waals surface area contributed by atoms with Crippen LogP contribution >= 0.6 is 0 Å². The van der Waals surface area contributed by atoms with Crippen LogP contribution in [0.4, 0.5) is 5.69 Å². The number of benzene rings is 3. The zero-order valence-electron chi connectivity index (χ0n) is 17.8. The highest BCUT2D eigenvalue weighted by molar-refractivity contribution is 5.95. The first-order valence-electron chi connectivity index (χ1n) is 11.4. The van der Waals surface area contributed by atoms with Crippen LogP contribution in [0.5, 0.6) is 5.75 Å². The average Bonchev–Trinajstić information content (AvgIpc) is 3.34. The number of anilines is 1. The van der Waals surface area contributed by atoms with Gasteiger partial charge in [-0.15, -0.1) is 0 Å². The molecule has 1 amide bonds. The van der Waals surface area contributed by atoms with Gasteiger partial charge < -0.3 is 20.1 Å². The molecule has 2 aliphatic heterocycles. The molecule has 3 aliphatic rings. The van der Waals surface area contributed by atoms with Crippen LogP contribution in [-0.2, 0) is 4.74 Å². The predicted molar refractivity (Wildman–Crippen MR) is 125 cm³/mol. The van der Waals surface area contributed by atoms with Crippen LogP contribution in [0, 0.1) is 5.92 Å². The molecule has 3 aromatic rings. The number of aromatic hydroxyl groups is 1. The molecular formula is C27H26N2O3. The molecule has 1 aliphatic carbocycles. The molecule has 6 rings (SSSR count). The monoisotopic (exact) mass is 426 g/mol. The van der Waals surface area contributed by atoms with Crippen LogP contribution in [0.25, 0.3) is 10.8 Å². The number of allylic oxidation sites excluding steroid dienone is 2. The fourth-order valence-electron chi connectivity index (χ4n) is 5.57. The third kappa shape index (κ3) is 3.07. The van der Waals surface area contributed by atoms with Crippen molar-refractivity contribution in [1.29, 1.82) is 0 Å². The summed E-state index contributed by atoms with van der Waals surface area (Å²) >= 11 is 0. The van der Waals surface area contributed by atoms with E-state index < -0.39 is 0 Å². The van der Waals surface area contributed by atoms with Gasteiger partial charge in [0.1, 0.15) is 5.75 Å². The van der Waals surface area contributed by atoms with Gasteiger partial charge in [-0.2, -0.15) is 0 Å². The maximum atomic E-state index is 13.1. The molecule has 1 fully saturated rings. The highest BCUT2D eigenvalue weighted by Gasteiger charge is 2.40. The topological polar surface area (TPSA) is 61.8 Å². The first-order chi connectivity index (χ1) is 15.7. The standard InChI is InChI=1S/C27H26N2O3/c30-24-11-9-17-4-1-2-5-19(17)25(24)26-21-7-3-6-20(21)22-16-18(8-10-23(22)28-26)27(31)29-12-14-32-15-13-29/h1-6,8-11,16,20-21,26,28,30H,7,12-15H2. The van der Waals surface area contributed by atoms with Gasteiger partial charge in [-0.05, 0) is 52.9 Å². The molecule has 0 bridgehead atoms. The molecule has 0 radical (unpaired) electrons. The Morgan fingerprint density at radius 1 is 1.06 bits per heavy atom. The maximum absolute atomic E-state index is 13.1. The van der Waals surface area contributed by atoms with Gasteiger partial charge in [-0.25, -0.2) is 0 Å². The Balaban J connectivity index is 1.40. The van der Waals surface area contributed by atoms with E-state index in [0.717, 1.165) is 34.0 Å². The summed E-state index contributed by atoms with van der Waals surface area (Å²) in [6, 6.07) is 18.0. The summed E-state index contributed by atoms with van der Waals surface area (Å²) in [5.74, 6) is 0.901. The van der Waals surface area contributed by atoms with Crippen LogP contribution in [-0.4, -0.2) is 42.2 Å². The number of nitrogens with one attached hydrogen (secondary N) is 1. The van der Waals surface area contributed by atoms with E-state index in [4.69, 9.17) is 4.74 Å². The number of ether oxygens (including phenoxy) is 1. The molecule has 3 atom stereocenters. The molecule has 3 aromatic carbocycles. The van der Waals surface area contributed by atoms with Crippen LogP contribution in [0.15, 0.2) is 66.7 Å². The van der Waals surface area contributed by atoms with Crippen molar-refractivity contribution < 1.29 is 14.6 Å². The van der Waals surface area contributed by atoms with Crippen molar-refractivity contribution in [2.24, 2.45) is 5.92 Å². The predicted octanol–water partition coefficient (Wildman–Crippen LogP) is 4.84. The van der Waals surface area contributed by atoms with Gasteiger partial charge in [-0.1, -0.05) is 42.5 Å². The summed E-state index contributed by atoms with van der Waals surface area (Å²) in [7, 11) is 0. The van der Waals surface area contributed by atoms with Crippen molar-refractivity contribution >= 4 is 22.4 Å². The normalized spacial score (nSPS) is 24.1. The van der Waals surface area contributed by atoms with E-state index >= 15 is 0 Å². The third-order valence-corrected chi connectivity index (χ3v) is 7.17. The number of phenols is 1. The minimum Gasteiger partial charge on any atom is -0.508 e. The highest BCUT2D eigenvalue weighted by atomic mass is 16.5. The van der Waals surface area contributed by atoms with Crippen molar-refractivity contribution in [3.05, 3.63) is 83.4 Å². The lowest BCUT2D eigenvalue weighted by molar-refractivity contribution is 0.0303. The number of hydrogen-bond acceptors (Lipinski definition) is 4. The number of fused-ring (bicyclic) bond motifs is 4. The minimum absolute atomic E-state index is 0.00519. The van der Waals surface area contributed by atoms with E-state index in [2.05, 4.69) is 35.7 Å². The summed E-state index contributed by atoms with van der Waals surface area (Å²) in [5.41, 5.74) is 3.89. The molecule has 32 heavy (non-hydrogen) atoms. The quantitative estimate of drug-likeness (QED) is 0.576. The first-order valence-corrected chi connectivity index (χ1v) is 11.4. The Morgan fingerprint density at radius 2 is 1.91 bits per heavy atom. The van der Waals surface area contributed by atoms with Gasteiger partial charge in [0.05, 0.1) is 19.3 Å². The zero-order valence-corrected chi connectivity index (χ0v) is 17.8. The number of amides is 1. The molecule has 162 valence electrons. The molecule has 2 heterocycles. The number of carbonyl (C=O) groups is 1. The second kappa shape index (κ2) is 7.68. The Hall–Kier alpha value is -3.31. The number of nitrogens with zero attached hydrogens (tertiary/aromatic N) is 1. The van der Waals surface area contributed by atoms with Gasteiger partial charge in [0.25, 0.3) is 5.91 Å². The van der Waals surface area contributed by atoms with Crippen molar-refractivity contribution in [2.45, 2.75) is 18.4 Å². The number of morpholine rings is 1. The van der Waals surface area contributed by atoms with Crippen molar-refractivity contribution in [1.82, 2.24) is 4.90 Å². The van der Waals surface area contributed by atoms with E-state index in [1.54, 1.807) is 6.07 Å². The van der Waals surface area contributed by atoms with E-state index in [0.29, 0.717) is 32.1 Å². The molecular weight excluding hydrogens is 400 g/mol. The third-order valence-electron chi connectivity index (χ3n) is 7.17. The van der Waals surface area contributed by atoms with Crippen molar-refractivity contribution in [3.8, 4) is 5.75 Å². The van der Waals surface area contributed by atoms with Crippen molar-refractivity contribution in [3.63, 3.8) is 0 Å². The highest BCUT2D eigenvalue weighted by Crippen LogP contribution is 2.52. The van der Waals surface area contributed by atoms with Crippen LogP contribution in [0.3, 0.4) is 0 Å². The Bertz CT molecular complexity index is 1230. The Kier molecular flexibility index (Phi) is 4.65. The summed E-state index contributed by atoms with van der Waals surface area (Å²) in [5, 5.41) is 16.8. The lowest BCUT2D eigenvalue weighted by Crippen LogP contribution is -2.40.